The van der Waals surface area contributed by atoms with Crippen LogP contribution in [0.5, 0.6) is 0 Å². The number of fused-ring (bicyclic) bond motifs is 1. The van der Waals surface area contributed by atoms with Gasteiger partial charge >= 0.3 is 0 Å². The third-order valence-electron chi connectivity index (χ3n) is 4.36. The summed E-state index contributed by atoms with van der Waals surface area (Å²) in [6.07, 6.45) is 6.89. The van der Waals surface area contributed by atoms with E-state index >= 15 is 0 Å². The molecular weight excluding hydrogens is 204 g/mol. The lowest BCUT2D eigenvalue weighted by molar-refractivity contribution is -0.238. The van der Waals surface area contributed by atoms with Crippen LogP contribution in [-0.4, -0.2) is 25.8 Å². The Hall–Kier alpha value is -0.410. The van der Waals surface area contributed by atoms with Crippen molar-refractivity contribution in [3.8, 4) is 0 Å². The van der Waals surface area contributed by atoms with Gasteiger partial charge in [0.1, 0.15) is 6.29 Å². The van der Waals surface area contributed by atoms with Crippen LogP contribution in [0, 0.1) is 17.8 Å². The van der Waals surface area contributed by atoms with Crippen LogP contribution in [0.2, 0.25) is 0 Å². The van der Waals surface area contributed by atoms with E-state index in [0.717, 1.165) is 19.1 Å². The first-order valence-electron chi connectivity index (χ1n) is 6.41. The fraction of sp³-hybridized carbons (Fsp3) is 0.923. The quantitative estimate of drug-likeness (QED) is 0.545. The smallest absolute Gasteiger partial charge is 0.177 e. The van der Waals surface area contributed by atoms with E-state index in [1.807, 2.05) is 6.92 Å². The van der Waals surface area contributed by atoms with Gasteiger partial charge in [0, 0.05) is 20.1 Å². The first-order valence-corrected chi connectivity index (χ1v) is 6.41. The number of rotatable bonds is 4. The summed E-state index contributed by atoms with van der Waals surface area (Å²) in [7, 11) is 1.67. The van der Waals surface area contributed by atoms with E-state index in [0.29, 0.717) is 18.4 Å². The lowest BCUT2D eigenvalue weighted by atomic mass is 9.78. The molecule has 0 spiro atoms. The van der Waals surface area contributed by atoms with Gasteiger partial charge in [-0.1, -0.05) is 12.8 Å². The number of hydrogen-bond acceptors (Lipinski definition) is 3. The molecule has 0 bridgehead atoms. The zero-order chi connectivity index (χ0) is 11.6. The number of methoxy groups -OCH3 is 1. The summed E-state index contributed by atoms with van der Waals surface area (Å²) in [5.74, 6) is 0.409. The second-order valence-corrected chi connectivity index (χ2v) is 5.02. The average Bonchev–Trinajstić information content (AvgIpc) is 2.63. The monoisotopic (exact) mass is 226 g/mol. The molecule has 0 N–H and O–H groups in total. The Kier molecular flexibility index (Phi) is 3.65. The molecule has 2 aliphatic carbocycles. The van der Waals surface area contributed by atoms with Crippen molar-refractivity contribution in [2.45, 2.75) is 44.8 Å². The van der Waals surface area contributed by atoms with Crippen molar-refractivity contribution in [3.63, 3.8) is 0 Å². The summed E-state index contributed by atoms with van der Waals surface area (Å²) in [5, 5.41) is 0. The van der Waals surface area contributed by atoms with Crippen LogP contribution in [0.4, 0.5) is 0 Å². The van der Waals surface area contributed by atoms with E-state index in [1.54, 1.807) is 7.11 Å². The summed E-state index contributed by atoms with van der Waals surface area (Å²) < 4.78 is 11.4. The van der Waals surface area contributed by atoms with Gasteiger partial charge in [0.25, 0.3) is 0 Å². The Morgan fingerprint density at radius 1 is 1.38 bits per heavy atom. The average molecular weight is 226 g/mol. The van der Waals surface area contributed by atoms with E-state index in [2.05, 4.69) is 0 Å². The highest BCUT2D eigenvalue weighted by Crippen LogP contribution is 2.52. The molecule has 2 aliphatic rings. The fourth-order valence-corrected chi connectivity index (χ4v) is 3.67. The van der Waals surface area contributed by atoms with Gasteiger partial charge in [0.05, 0.1) is 5.92 Å². The maximum atomic E-state index is 11.4. The lowest BCUT2D eigenvalue weighted by Crippen LogP contribution is -2.41. The zero-order valence-corrected chi connectivity index (χ0v) is 10.3. The predicted molar refractivity (Wildman–Crippen MR) is 61.0 cm³/mol. The largest absolute Gasteiger partial charge is 0.352 e. The summed E-state index contributed by atoms with van der Waals surface area (Å²) in [5.41, 5.74) is 0. The molecule has 0 heterocycles. The molecule has 0 amide bonds. The molecule has 3 heteroatoms. The van der Waals surface area contributed by atoms with Crippen molar-refractivity contribution in [1.29, 1.82) is 0 Å². The highest BCUT2D eigenvalue weighted by molar-refractivity contribution is 5.57. The highest BCUT2D eigenvalue weighted by Gasteiger charge is 2.55. The molecule has 0 aliphatic heterocycles. The molecular formula is C13H22O3. The predicted octanol–water partition coefficient (Wildman–Crippen LogP) is 2.39. The third-order valence-corrected chi connectivity index (χ3v) is 4.36. The topological polar surface area (TPSA) is 35.5 Å². The van der Waals surface area contributed by atoms with Crippen LogP contribution in [0.1, 0.15) is 39.0 Å². The summed E-state index contributed by atoms with van der Waals surface area (Å²) in [6, 6.07) is 0. The van der Waals surface area contributed by atoms with Gasteiger partial charge in [-0.05, 0) is 31.6 Å². The molecule has 0 aromatic heterocycles. The zero-order valence-electron chi connectivity index (χ0n) is 10.3. The number of aldehydes is 1. The molecule has 0 aromatic carbocycles. The molecule has 2 fully saturated rings. The minimum atomic E-state index is -0.629. The standard InChI is InChI=1S/C13H22O3/c1-3-16-13(15-2)8-10-6-4-5-7-11(10)12(13)9-14/h9-12H,3-8H2,1-2H3. The van der Waals surface area contributed by atoms with Crippen molar-refractivity contribution in [2.24, 2.45) is 17.8 Å². The highest BCUT2D eigenvalue weighted by atomic mass is 16.7. The summed E-state index contributed by atoms with van der Waals surface area (Å²) in [6.45, 7) is 2.57. The maximum Gasteiger partial charge on any atom is 0.177 e. The van der Waals surface area contributed by atoms with Gasteiger partial charge in [-0.25, -0.2) is 0 Å². The van der Waals surface area contributed by atoms with Crippen LogP contribution >= 0.6 is 0 Å². The van der Waals surface area contributed by atoms with Gasteiger partial charge < -0.3 is 14.3 Å². The molecule has 3 nitrogen and oxygen atoms in total. The molecule has 0 aromatic rings. The van der Waals surface area contributed by atoms with Gasteiger partial charge in [-0.2, -0.15) is 0 Å². The van der Waals surface area contributed by atoms with E-state index in [9.17, 15) is 4.79 Å². The normalized spacial score (nSPS) is 43.0. The molecule has 0 radical (unpaired) electrons. The van der Waals surface area contributed by atoms with Gasteiger partial charge in [0.2, 0.25) is 0 Å². The second kappa shape index (κ2) is 4.84. The van der Waals surface area contributed by atoms with E-state index in [-0.39, 0.29) is 5.92 Å². The number of ether oxygens (including phenoxy) is 2. The van der Waals surface area contributed by atoms with Gasteiger partial charge in [0.15, 0.2) is 5.79 Å². The molecule has 4 unspecified atom stereocenters. The molecule has 2 rings (SSSR count). The molecule has 0 saturated heterocycles. The Bertz CT molecular complexity index is 254. The number of carbonyl (C=O) groups is 1. The second-order valence-electron chi connectivity index (χ2n) is 5.02. The van der Waals surface area contributed by atoms with Crippen LogP contribution < -0.4 is 0 Å². The SMILES string of the molecule is CCOC1(OC)CC2CCCCC2C1C=O. The van der Waals surface area contributed by atoms with Gasteiger partial charge in [-0.15, -0.1) is 0 Å². The first-order chi connectivity index (χ1) is 7.77. The first kappa shape index (κ1) is 12.1. The lowest BCUT2D eigenvalue weighted by Gasteiger charge is -2.32. The van der Waals surface area contributed by atoms with Crippen molar-refractivity contribution in [1.82, 2.24) is 0 Å². The van der Waals surface area contributed by atoms with Gasteiger partial charge in [-0.3, -0.25) is 0 Å². The van der Waals surface area contributed by atoms with Crippen molar-refractivity contribution in [2.75, 3.05) is 13.7 Å². The molecule has 4 atom stereocenters. The third kappa shape index (κ3) is 1.80. The Balaban J connectivity index is 2.21. The van der Waals surface area contributed by atoms with Crippen LogP contribution in [0.15, 0.2) is 0 Å². The van der Waals surface area contributed by atoms with E-state index in [4.69, 9.17) is 9.47 Å². The maximum absolute atomic E-state index is 11.4. The van der Waals surface area contributed by atoms with Crippen molar-refractivity contribution < 1.29 is 14.3 Å². The fourth-order valence-electron chi connectivity index (χ4n) is 3.67. The Morgan fingerprint density at radius 3 is 2.75 bits per heavy atom. The van der Waals surface area contributed by atoms with Crippen LogP contribution in [0.3, 0.4) is 0 Å². The van der Waals surface area contributed by atoms with Crippen molar-refractivity contribution >= 4 is 6.29 Å². The number of carbonyl (C=O) groups excluding carboxylic acids is 1. The minimum Gasteiger partial charge on any atom is -0.352 e. The molecule has 92 valence electrons. The van der Waals surface area contributed by atoms with Crippen LogP contribution in [-0.2, 0) is 14.3 Å². The number of hydrogen-bond donors (Lipinski definition) is 0. The van der Waals surface area contributed by atoms with E-state index < -0.39 is 5.79 Å². The Morgan fingerprint density at radius 2 is 2.12 bits per heavy atom. The molecule has 2 saturated carbocycles. The molecule has 16 heavy (non-hydrogen) atoms. The van der Waals surface area contributed by atoms with Crippen molar-refractivity contribution in [3.05, 3.63) is 0 Å². The summed E-state index contributed by atoms with van der Waals surface area (Å²) >= 11 is 0. The summed E-state index contributed by atoms with van der Waals surface area (Å²) in [4.78, 5) is 11.4. The van der Waals surface area contributed by atoms with Crippen LogP contribution in [0.25, 0.3) is 0 Å². The van der Waals surface area contributed by atoms with E-state index in [1.165, 1.54) is 19.3 Å². The Labute approximate surface area is 97.5 Å². The minimum absolute atomic E-state index is 0.0669.